The fourth-order valence-electron chi connectivity index (χ4n) is 4.62. The molecule has 0 bridgehead atoms. The number of amides is 2. The molecule has 0 aliphatic carbocycles. The van der Waals surface area contributed by atoms with Gasteiger partial charge in [-0.3, -0.25) is 14.5 Å². The van der Waals surface area contributed by atoms with E-state index >= 15 is 0 Å². The SMILES string of the molecule is CCC(CC)C(CNC(=O)C1CCCN(C(=O)c2cccs2)C1)N1CCOCC1. The summed E-state index contributed by atoms with van der Waals surface area (Å²) in [4.78, 5) is 30.7. The smallest absolute Gasteiger partial charge is 0.263 e. The van der Waals surface area contributed by atoms with Gasteiger partial charge in [-0.25, -0.2) is 0 Å². The highest BCUT2D eigenvalue weighted by molar-refractivity contribution is 7.12. The van der Waals surface area contributed by atoms with Crippen LogP contribution in [0.3, 0.4) is 0 Å². The molecule has 2 amide bonds. The van der Waals surface area contributed by atoms with Crippen molar-refractivity contribution >= 4 is 23.2 Å². The summed E-state index contributed by atoms with van der Waals surface area (Å²) in [5, 5.41) is 5.16. The van der Waals surface area contributed by atoms with Crippen LogP contribution in [0.25, 0.3) is 0 Å². The molecule has 0 aromatic carbocycles. The van der Waals surface area contributed by atoms with Gasteiger partial charge in [0.1, 0.15) is 0 Å². The Bertz CT molecular complexity index is 642. The number of nitrogens with zero attached hydrogens (tertiary/aromatic N) is 2. The van der Waals surface area contributed by atoms with Crippen molar-refractivity contribution in [2.75, 3.05) is 45.9 Å². The molecule has 0 saturated carbocycles. The molecule has 2 saturated heterocycles. The van der Waals surface area contributed by atoms with Gasteiger partial charge in [-0.1, -0.05) is 32.8 Å². The lowest BCUT2D eigenvalue weighted by Crippen LogP contribution is -2.53. The van der Waals surface area contributed by atoms with Crippen molar-refractivity contribution < 1.29 is 14.3 Å². The van der Waals surface area contributed by atoms with Gasteiger partial charge >= 0.3 is 0 Å². The number of piperidine rings is 1. The van der Waals surface area contributed by atoms with Crippen LogP contribution in [0.5, 0.6) is 0 Å². The predicted octanol–water partition coefficient (Wildman–Crippen LogP) is 2.85. The zero-order valence-corrected chi connectivity index (χ0v) is 18.6. The molecule has 3 rings (SSSR count). The van der Waals surface area contributed by atoms with Crippen LogP contribution in [0.4, 0.5) is 0 Å². The van der Waals surface area contributed by atoms with E-state index in [1.54, 1.807) is 0 Å². The first-order chi connectivity index (χ1) is 14.1. The molecule has 2 unspecified atom stereocenters. The monoisotopic (exact) mass is 421 g/mol. The highest BCUT2D eigenvalue weighted by Crippen LogP contribution is 2.22. The average molecular weight is 422 g/mol. The van der Waals surface area contributed by atoms with Gasteiger partial charge in [0.05, 0.1) is 24.0 Å². The Morgan fingerprint density at radius 2 is 2.00 bits per heavy atom. The largest absolute Gasteiger partial charge is 0.379 e. The minimum absolute atomic E-state index is 0.0562. The van der Waals surface area contributed by atoms with E-state index in [1.165, 1.54) is 11.3 Å². The first-order valence-electron chi connectivity index (χ1n) is 11.1. The van der Waals surface area contributed by atoms with E-state index in [2.05, 4.69) is 24.1 Å². The summed E-state index contributed by atoms with van der Waals surface area (Å²) in [7, 11) is 0. The topological polar surface area (TPSA) is 61.9 Å². The Morgan fingerprint density at radius 3 is 2.66 bits per heavy atom. The van der Waals surface area contributed by atoms with Crippen molar-refractivity contribution in [1.29, 1.82) is 0 Å². The summed E-state index contributed by atoms with van der Waals surface area (Å²) in [6.07, 6.45) is 3.96. The van der Waals surface area contributed by atoms with E-state index in [-0.39, 0.29) is 17.7 Å². The van der Waals surface area contributed by atoms with E-state index in [4.69, 9.17) is 4.74 Å². The number of nitrogens with one attached hydrogen (secondary N) is 1. The van der Waals surface area contributed by atoms with Gasteiger partial charge in [0.2, 0.25) is 5.91 Å². The summed E-state index contributed by atoms with van der Waals surface area (Å²) in [5.74, 6) is 0.606. The van der Waals surface area contributed by atoms with E-state index < -0.39 is 0 Å². The number of morpholine rings is 1. The van der Waals surface area contributed by atoms with E-state index in [0.29, 0.717) is 25.0 Å². The van der Waals surface area contributed by atoms with Crippen molar-refractivity contribution in [2.45, 2.75) is 45.6 Å². The molecule has 0 radical (unpaired) electrons. The Hall–Kier alpha value is -1.44. The normalized spacial score (nSPS) is 21.9. The van der Waals surface area contributed by atoms with Crippen LogP contribution in [0, 0.1) is 11.8 Å². The highest BCUT2D eigenvalue weighted by atomic mass is 32.1. The maximum absolute atomic E-state index is 12.9. The molecule has 0 spiro atoms. The summed E-state index contributed by atoms with van der Waals surface area (Å²) >= 11 is 1.46. The third kappa shape index (κ3) is 5.80. The molecule has 2 fully saturated rings. The maximum Gasteiger partial charge on any atom is 0.263 e. The predicted molar refractivity (Wildman–Crippen MR) is 116 cm³/mol. The summed E-state index contributed by atoms with van der Waals surface area (Å²) in [5.41, 5.74) is 0. The molecule has 3 heterocycles. The second-order valence-electron chi connectivity index (χ2n) is 8.11. The van der Waals surface area contributed by atoms with E-state index in [9.17, 15) is 9.59 Å². The zero-order chi connectivity index (χ0) is 20.6. The molecule has 6 nitrogen and oxygen atoms in total. The van der Waals surface area contributed by atoms with Gasteiger partial charge in [0.25, 0.3) is 5.91 Å². The van der Waals surface area contributed by atoms with E-state index in [1.807, 2.05) is 22.4 Å². The number of rotatable bonds is 8. The minimum atomic E-state index is -0.111. The van der Waals surface area contributed by atoms with Gasteiger partial charge in [-0.05, 0) is 30.2 Å². The van der Waals surface area contributed by atoms with Gasteiger partial charge in [0, 0.05) is 38.8 Å². The van der Waals surface area contributed by atoms with Crippen LogP contribution in [0.2, 0.25) is 0 Å². The molecular formula is C22H35N3O3S. The van der Waals surface area contributed by atoms with Gasteiger partial charge < -0.3 is 15.0 Å². The lowest BCUT2D eigenvalue weighted by Gasteiger charge is -2.39. The fourth-order valence-corrected chi connectivity index (χ4v) is 5.31. The van der Waals surface area contributed by atoms with Crippen LogP contribution in [-0.2, 0) is 9.53 Å². The van der Waals surface area contributed by atoms with Crippen LogP contribution in [0.1, 0.15) is 49.2 Å². The molecule has 162 valence electrons. The quantitative estimate of drug-likeness (QED) is 0.701. The van der Waals surface area contributed by atoms with Crippen molar-refractivity contribution in [3.05, 3.63) is 22.4 Å². The highest BCUT2D eigenvalue weighted by Gasteiger charge is 2.31. The molecule has 2 aliphatic rings. The van der Waals surface area contributed by atoms with Gasteiger partial charge in [-0.2, -0.15) is 0 Å². The van der Waals surface area contributed by atoms with Crippen molar-refractivity contribution in [3.63, 3.8) is 0 Å². The third-order valence-corrected chi connectivity index (χ3v) is 7.26. The van der Waals surface area contributed by atoms with Crippen LogP contribution in [-0.4, -0.2) is 73.6 Å². The molecule has 1 aromatic heterocycles. The zero-order valence-electron chi connectivity index (χ0n) is 17.8. The Kier molecular flexibility index (Phi) is 8.51. The second-order valence-corrected chi connectivity index (χ2v) is 9.05. The number of carbonyl (C=O) groups excluding carboxylic acids is 2. The average Bonchev–Trinajstić information content (AvgIpc) is 3.31. The van der Waals surface area contributed by atoms with Crippen molar-refractivity contribution in [1.82, 2.24) is 15.1 Å². The fraction of sp³-hybridized carbons (Fsp3) is 0.727. The van der Waals surface area contributed by atoms with Crippen LogP contribution < -0.4 is 5.32 Å². The van der Waals surface area contributed by atoms with Gasteiger partial charge in [-0.15, -0.1) is 11.3 Å². The number of thiophene rings is 1. The number of ether oxygens (including phenoxy) is 1. The molecule has 7 heteroatoms. The Morgan fingerprint density at radius 1 is 1.24 bits per heavy atom. The maximum atomic E-state index is 12.9. The molecule has 2 aliphatic heterocycles. The Labute approximate surface area is 178 Å². The molecule has 2 atom stereocenters. The van der Waals surface area contributed by atoms with E-state index in [0.717, 1.165) is 63.4 Å². The first-order valence-corrected chi connectivity index (χ1v) is 11.9. The minimum Gasteiger partial charge on any atom is -0.379 e. The van der Waals surface area contributed by atoms with Crippen LogP contribution in [0.15, 0.2) is 17.5 Å². The number of hydrogen-bond acceptors (Lipinski definition) is 5. The molecule has 1 N–H and O–H groups in total. The third-order valence-electron chi connectivity index (χ3n) is 6.40. The molecule has 1 aromatic rings. The number of carbonyl (C=O) groups is 2. The molecular weight excluding hydrogens is 386 g/mol. The lowest BCUT2D eigenvalue weighted by molar-refractivity contribution is -0.126. The van der Waals surface area contributed by atoms with Crippen molar-refractivity contribution in [3.8, 4) is 0 Å². The second kappa shape index (κ2) is 11.1. The van der Waals surface area contributed by atoms with Gasteiger partial charge in [0.15, 0.2) is 0 Å². The van der Waals surface area contributed by atoms with Crippen molar-refractivity contribution in [2.24, 2.45) is 11.8 Å². The number of hydrogen-bond donors (Lipinski definition) is 1. The lowest BCUT2D eigenvalue weighted by atomic mass is 9.91. The summed E-state index contributed by atoms with van der Waals surface area (Å²) in [6, 6.07) is 4.11. The number of likely N-dealkylation sites (tertiary alicyclic amines) is 1. The summed E-state index contributed by atoms with van der Waals surface area (Å²) in [6.45, 7) is 9.82. The first kappa shape index (κ1) is 22.2. The van der Waals surface area contributed by atoms with Crippen LogP contribution >= 0.6 is 11.3 Å². The standard InChI is InChI=1S/C22H35N3O3S/c1-3-17(4-2)19(24-10-12-28-13-11-24)15-23-21(26)18-7-5-9-25(16-18)22(27)20-8-6-14-29-20/h6,8,14,17-19H,3-5,7,9-13,15-16H2,1-2H3,(H,23,26). The molecule has 29 heavy (non-hydrogen) atoms. The summed E-state index contributed by atoms with van der Waals surface area (Å²) < 4.78 is 5.52. The Balaban J connectivity index is 1.56.